The summed E-state index contributed by atoms with van der Waals surface area (Å²) in [6, 6.07) is 4.48. The second-order valence-electron chi connectivity index (χ2n) is 5.32. The Balaban J connectivity index is 2.16. The third kappa shape index (κ3) is 2.63. The fourth-order valence-corrected chi connectivity index (χ4v) is 2.65. The number of ether oxygens (including phenoxy) is 1. The lowest BCUT2D eigenvalue weighted by Gasteiger charge is -2.29. The molecular formula is C15H23NO. The highest BCUT2D eigenvalue weighted by molar-refractivity contribution is 5.42. The summed E-state index contributed by atoms with van der Waals surface area (Å²) in [5.74, 6) is 1.81. The highest BCUT2D eigenvalue weighted by Crippen LogP contribution is 2.35. The first-order chi connectivity index (χ1) is 8.11. The quantitative estimate of drug-likeness (QED) is 0.863. The summed E-state index contributed by atoms with van der Waals surface area (Å²) in [7, 11) is 1.72. The lowest BCUT2D eigenvalue weighted by Crippen LogP contribution is -2.20. The first-order valence-corrected chi connectivity index (χ1v) is 6.52. The minimum absolute atomic E-state index is 0.185. The molecule has 0 bridgehead atoms. The van der Waals surface area contributed by atoms with Crippen molar-refractivity contribution in [2.45, 2.75) is 45.6 Å². The van der Waals surface area contributed by atoms with Crippen LogP contribution in [0.2, 0.25) is 0 Å². The number of benzene rings is 1. The van der Waals surface area contributed by atoms with Gasteiger partial charge in [-0.05, 0) is 48.9 Å². The second-order valence-corrected chi connectivity index (χ2v) is 5.32. The molecule has 2 rings (SSSR count). The maximum Gasteiger partial charge on any atom is 0.122 e. The molecular weight excluding hydrogens is 210 g/mol. The summed E-state index contributed by atoms with van der Waals surface area (Å²) in [6.45, 7) is 4.20. The van der Waals surface area contributed by atoms with E-state index in [0.29, 0.717) is 0 Å². The van der Waals surface area contributed by atoms with E-state index in [1.54, 1.807) is 7.11 Å². The molecule has 1 aromatic rings. The van der Waals surface area contributed by atoms with E-state index in [1.165, 1.54) is 36.0 Å². The smallest absolute Gasteiger partial charge is 0.122 e. The molecule has 0 saturated heterocycles. The van der Waals surface area contributed by atoms with Crippen molar-refractivity contribution in [2.75, 3.05) is 7.11 Å². The zero-order chi connectivity index (χ0) is 12.4. The molecule has 1 fully saturated rings. The van der Waals surface area contributed by atoms with E-state index in [2.05, 4.69) is 26.0 Å². The first-order valence-electron chi connectivity index (χ1n) is 6.52. The van der Waals surface area contributed by atoms with E-state index in [9.17, 15) is 0 Å². The second kappa shape index (κ2) is 5.09. The summed E-state index contributed by atoms with van der Waals surface area (Å²) in [4.78, 5) is 0. The Kier molecular flexibility index (Phi) is 3.72. The lowest BCUT2D eigenvalue weighted by molar-refractivity contribution is 0.277. The summed E-state index contributed by atoms with van der Waals surface area (Å²) in [5.41, 5.74) is 10.0. The zero-order valence-electron chi connectivity index (χ0n) is 11.1. The molecule has 2 N–H and O–H groups in total. The molecule has 1 saturated carbocycles. The van der Waals surface area contributed by atoms with Gasteiger partial charge in [-0.2, -0.15) is 0 Å². The van der Waals surface area contributed by atoms with Gasteiger partial charge in [-0.3, -0.25) is 0 Å². The molecule has 1 unspecified atom stereocenters. The van der Waals surface area contributed by atoms with Crippen LogP contribution in [0, 0.1) is 19.8 Å². The van der Waals surface area contributed by atoms with Crippen molar-refractivity contribution < 1.29 is 4.74 Å². The predicted molar refractivity (Wildman–Crippen MR) is 71.4 cm³/mol. The highest BCUT2D eigenvalue weighted by Gasteiger charge is 2.22. The Morgan fingerprint density at radius 3 is 2.53 bits per heavy atom. The van der Waals surface area contributed by atoms with E-state index in [0.717, 1.165) is 18.1 Å². The molecule has 0 aliphatic heterocycles. The Labute approximate surface area is 104 Å². The number of methoxy groups -OCH3 is 1. The van der Waals surface area contributed by atoms with Gasteiger partial charge < -0.3 is 10.5 Å². The first kappa shape index (κ1) is 12.4. The average molecular weight is 233 g/mol. The number of hydrogen-bond acceptors (Lipinski definition) is 2. The highest BCUT2D eigenvalue weighted by atomic mass is 16.5. The van der Waals surface area contributed by atoms with Gasteiger partial charge in [0.1, 0.15) is 5.75 Å². The van der Waals surface area contributed by atoms with Gasteiger partial charge in [0.2, 0.25) is 0 Å². The van der Waals surface area contributed by atoms with Gasteiger partial charge >= 0.3 is 0 Å². The van der Waals surface area contributed by atoms with Gasteiger partial charge in [0, 0.05) is 6.04 Å². The number of hydrogen-bond donors (Lipinski definition) is 1. The molecule has 2 heteroatoms. The van der Waals surface area contributed by atoms with Crippen molar-refractivity contribution in [3.05, 3.63) is 28.8 Å². The van der Waals surface area contributed by atoms with Gasteiger partial charge in [0.25, 0.3) is 0 Å². The summed E-state index contributed by atoms with van der Waals surface area (Å²) < 4.78 is 5.33. The number of rotatable bonds is 4. The minimum atomic E-state index is 0.185. The summed E-state index contributed by atoms with van der Waals surface area (Å²) in [6.07, 6.45) is 5.24. The Morgan fingerprint density at radius 1 is 1.29 bits per heavy atom. The Hall–Kier alpha value is -1.02. The van der Waals surface area contributed by atoms with Crippen LogP contribution >= 0.6 is 0 Å². The molecule has 1 aromatic carbocycles. The molecule has 0 radical (unpaired) electrons. The lowest BCUT2D eigenvalue weighted by atomic mass is 9.79. The molecule has 1 atom stereocenters. The van der Waals surface area contributed by atoms with Crippen LogP contribution in [0.15, 0.2) is 12.1 Å². The van der Waals surface area contributed by atoms with E-state index in [4.69, 9.17) is 10.5 Å². The summed E-state index contributed by atoms with van der Waals surface area (Å²) >= 11 is 0. The van der Waals surface area contributed by atoms with Crippen LogP contribution in [-0.4, -0.2) is 7.11 Å². The van der Waals surface area contributed by atoms with Crippen LogP contribution in [0.1, 0.15) is 48.4 Å². The van der Waals surface area contributed by atoms with Gasteiger partial charge in [-0.15, -0.1) is 0 Å². The number of nitrogens with two attached hydrogens (primary N) is 1. The molecule has 0 amide bonds. The standard InChI is InChI=1S/C15H23NO/c1-10-8-15(17-3)11(2)7-13(10)14(16)9-12-5-4-6-12/h7-8,12,14H,4-6,9,16H2,1-3H3. The van der Waals surface area contributed by atoms with Gasteiger partial charge in [-0.25, -0.2) is 0 Å². The Morgan fingerprint density at radius 2 is 2.00 bits per heavy atom. The molecule has 2 nitrogen and oxygen atoms in total. The SMILES string of the molecule is COc1cc(C)c(C(N)CC2CCC2)cc1C. The predicted octanol–water partition coefficient (Wildman–Crippen LogP) is 3.50. The van der Waals surface area contributed by atoms with Crippen LogP contribution < -0.4 is 10.5 Å². The monoisotopic (exact) mass is 233 g/mol. The third-order valence-electron chi connectivity index (χ3n) is 4.00. The van der Waals surface area contributed by atoms with Crippen molar-refractivity contribution in [1.29, 1.82) is 0 Å². The Bertz CT molecular complexity index is 396. The maximum absolute atomic E-state index is 6.33. The largest absolute Gasteiger partial charge is 0.496 e. The average Bonchev–Trinajstić information content (AvgIpc) is 2.25. The van der Waals surface area contributed by atoms with Crippen molar-refractivity contribution in [1.82, 2.24) is 0 Å². The van der Waals surface area contributed by atoms with E-state index in [-0.39, 0.29) is 6.04 Å². The van der Waals surface area contributed by atoms with Crippen LogP contribution in [0.5, 0.6) is 5.75 Å². The minimum Gasteiger partial charge on any atom is -0.496 e. The molecule has 1 aliphatic rings. The topological polar surface area (TPSA) is 35.2 Å². The van der Waals surface area contributed by atoms with Crippen molar-refractivity contribution in [3.63, 3.8) is 0 Å². The van der Waals surface area contributed by atoms with Gasteiger partial charge in [0.05, 0.1) is 7.11 Å². The maximum atomic E-state index is 6.33. The molecule has 17 heavy (non-hydrogen) atoms. The molecule has 94 valence electrons. The fraction of sp³-hybridized carbons (Fsp3) is 0.600. The molecule has 0 aromatic heterocycles. The van der Waals surface area contributed by atoms with E-state index < -0.39 is 0 Å². The van der Waals surface area contributed by atoms with E-state index >= 15 is 0 Å². The molecule has 0 spiro atoms. The third-order valence-corrected chi connectivity index (χ3v) is 4.00. The van der Waals surface area contributed by atoms with E-state index in [1.807, 2.05) is 0 Å². The molecule has 0 heterocycles. The van der Waals surface area contributed by atoms with Gasteiger partial charge in [0.15, 0.2) is 0 Å². The fourth-order valence-electron chi connectivity index (χ4n) is 2.65. The van der Waals surface area contributed by atoms with Crippen molar-refractivity contribution in [2.24, 2.45) is 11.7 Å². The molecule has 1 aliphatic carbocycles. The van der Waals surface area contributed by atoms with Crippen molar-refractivity contribution in [3.8, 4) is 5.75 Å². The van der Waals surface area contributed by atoms with Crippen LogP contribution in [0.4, 0.5) is 0 Å². The van der Waals surface area contributed by atoms with Crippen LogP contribution in [0.25, 0.3) is 0 Å². The van der Waals surface area contributed by atoms with Crippen molar-refractivity contribution >= 4 is 0 Å². The number of aryl methyl sites for hydroxylation is 2. The summed E-state index contributed by atoms with van der Waals surface area (Å²) in [5, 5.41) is 0. The van der Waals surface area contributed by atoms with Gasteiger partial charge in [-0.1, -0.05) is 25.3 Å². The zero-order valence-corrected chi connectivity index (χ0v) is 11.1. The van der Waals surface area contributed by atoms with Crippen LogP contribution in [0.3, 0.4) is 0 Å². The normalized spacial score (nSPS) is 17.6. The van der Waals surface area contributed by atoms with Crippen LogP contribution in [-0.2, 0) is 0 Å².